The largest absolute Gasteiger partial charge is 0.477 e. The SMILES string of the molecule is NC(=O)c1cccc(Cn2cccc(C(=O)O)c2=O)c1. The number of hydrogen-bond acceptors (Lipinski definition) is 3. The Morgan fingerprint density at radius 2 is 1.95 bits per heavy atom. The number of hydrogen-bond donors (Lipinski definition) is 2. The number of carboxylic acids is 1. The number of primary amides is 1. The molecule has 0 unspecified atom stereocenters. The van der Waals surface area contributed by atoms with Gasteiger partial charge in [0, 0.05) is 11.8 Å². The van der Waals surface area contributed by atoms with Gasteiger partial charge in [0.2, 0.25) is 5.91 Å². The van der Waals surface area contributed by atoms with Gasteiger partial charge in [-0.2, -0.15) is 0 Å². The molecule has 0 bridgehead atoms. The predicted molar refractivity (Wildman–Crippen MR) is 71.7 cm³/mol. The molecule has 102 valence electrons. The van der Waals surface area contributed by atoms with E-state index in [1.807, 2.05) is 0 Å². The number of aromatic nitrogens is 1. The molecule has 1 heterocycles. The maximum absolute atomic E-state index is 11.9. The number of nitrogens with two attached hydrogens (primary N) is 1. The summed E-state index contributed by atoms with van der Waals surface area (Å²) in [6, 6.07) is 9.27. The maximum atomic E-state index is 11.9. The number of carboxylic acid groups (broad SMARTS) is 1. The van der Waals surface area contributed by atoms with Crippen LogP contribution >= 0.6 is 0 Å². The molecule has 0 radical (unpaired) electrons. The molecular formula is C14H12N2O4. The number of benzene rings is 1. The molecular weight excluding hydrogens is 260 g/mol. The van der Waals surface area contributed by atoms with Crippen molar-refractivity contribution in [3.63, 3.8) is 0 Å². The minimum Gasteiger partial charge on any atom is -0.477 e. The van der Waals surface area contributed by atoms with E-state index < -0.39 is 17.4 Å². The highest BCUT2D eigenvalue weighted by Crippen LogP contribution is 2.06. The number of pyridine rings is 1. The number of amides is 1. The second-order valence-corrected chi connectivity index (χ2v) is 4.22. The topological polar surface area (TPSA) is 102 Å². The van der Waals surface area contributed by atoms with E-state index in [1.54, 1.807) is 24.3 Å². The number of nitrogens with zero attached hydrogens (tertiary/aromatic N) is 1. The zero-order valence-electron chi connectivity index (χ0n) is 10.4. The summed E-state index contributed by atoms with van der Waals surface area (Å²) in [5, 5.41) is 8.90. The lowest BCUT2D eigenvalue weighted by Crippen LogP contribution is -2.26. The van der Waals surface area contributed by atoms with E-state index in [0.717, 1.165) is 0 Å². The van der Waals surface area contributed by atoms with Gasteiger partial charge in [-0.25, -0.2) is 4.79 Å². The summed E-state index contributed by atoms with van der Waals surface area (Å²) in [5.41, 5.74) is 5.32. The Morgan fingerprint density at radius 3 is 2.60 bits per heavy atom. The summed E-state index contributed by atoms with van der Waals surface area (Å²) in [7, 11) is 0. The van der Waals surface area contributed by atoms with E-state index in [9.17, 15) is 14.4 Å². The van der Waals surface area contributed by atoms with Crippen LogP contribution in [0.5, 0.6) is 0 Å². The molecule has 0 spiro atoms. The molecule has 2 aromatic rings. The van der Waals surface area contributed by atoms with Crippen molar-refractivity contribution in [3.05, 3.63) is 69.6 Å². The van der Waals surface area contributed by atoms with Gasteiger partial charge in [-0.15, -0.1) is 0 Å². The van der Waals surface area contributed by atoms with Gasteiger partial charge < -0.3 is 15.4 Å². The van der Waals surface area contributed by atoms with Gasteiger partial charge in [-0.1, -0.05) is 12.1 Å². The minimum atomic E-state index is -1.27. The molecule has 0 fully saturated rings. The number of aromatic carboxylic acids is 1. The lowest BCUT2D eigenvalue weighted by molar-refractivity contribution is 0.0694. The highest BCUT2D eigenvalue weighted by molar-refractivity contribution is 5.92. The summed E-state index contributed by atoms with van der Waals surface area (Å²) < 4.78 is 1.27. The zero-order chi connectivity index (χ0) is 14.7. The van der Waals surface area contributed by atoms with Crippen molar-refractivity contribution in [2.24, 2.45) is 5.73 Å². The number of rotatable bonds is 4. The average Bonchev–Trinajstić information content (AvgIpc) is 2.41. The molecule has 0 aliphatic carbocycles. The summed E-state index contributed by atoms with van der Waals surface area (Å²) in [6.45, 7) is 0.168. The monoisotopic (exact) mass is 272 g/mol. The minimum absolute atomic E-state index is 0.168. The van der Waals surface area contributed by atoms with Crippen LogP contribution in [0.15, 0.2) is 47.4 Å². The Balaban J connectivity index is 2.38. The van der Waals surface area contributed by atoms with Crippen molar-refractivity contribution in [2.45, 2.75) is 6.54 Å². The standard InChI is InChI=1S/C14H12N2O4/c15-12(17)10-4-1-3-9(7-10)8-16-6-2-5-11(13(16)18)14(19)20/h1-7H,8H2,(H2,15,17)(H,19,20). The van der Waals surface area contributed by atoms with Crippen LogP contribution in [0.2, 0.25) is 0 Å². The molecule has 3 N–H and O–H groups in total. The summed E-state index contributed by atoms with van der Waals surface area (Å²) in [4.78, 5) is 33.9. The van der Waals surface area contributed by atoms with Gasteiger partial charge in [0.05, 0.1) is 6.54 Å². The Labute approximate surface area is 114 Å². The Morgan fingerprint density at radius 1 is 1.20 bits per heavy atom. The van der Waals surface area contributed by atoms with Crippen LogP contribution < -0.4 is 11.3 Å². The van der Waals surface area contributed by atoms with E-state index in [-0.39, 0.29) is 12.1 Å². The second-order valence-electron chi connectivity index (χ2n) is 4.22. The lowest BCUT2D eigenvalue weighted by Gasteiger charge is -2.07. The Hall–Kier alpha value is -2.89. The smallest absolute Gasteiger partial charge is 0.341 e. The summed E-state index contributed by atoms with van der Waals surface area (Å²) in [6.07, 6.45) is 1.49. The quantitative estimate of drug-likeness (QED) is 0.854. The van der Waals surface area contributed by atoms with Crippen LogP contribution in [0.1, 0.15) is 26.3 Å². The number of carbonyl (C=O) groups excluding carboxylic acids is 1. The molecule has 1 amide bonds. The Bertz CT molecular complexity index is 734. The van der Waals surface area contributed by atoms with Gasteiger partial charge in [0.15, 0.2) is 0 Å². The van der Waals surface area contributed by atoms with Crippen molar-refractivity contribution in [1.29, 1.82) is 0 Å². The molecule has 6 heteroatoms. The third kappa shape index (κ3) is 2.74. The fraction of sp³-hybridized carbons (Fsp3) is 0.0714. The second kappa shape index (κ2) is 5.40. The van der Waals surface area contributed by atoms with E-state index in [1.165, 1.54) is 22.9 Å². The fourth-order valence-electron chi connectivity index (χ4n) is 1.84. The molecule has 0 atom stereocenters. The van der Waals surface area contributed by atoms with Crippen molar-refractivity contribution in [2.75, 3.05) is 0 Å². The van der Waals surface area contributed by atoms with Crippen molar-refractivity contribution < 1.29 is 14.7 Å². The Kier molecular flexibility index (Phi) is 3.65. The van der Waals surface area contributed by atoms with Crippen molar-refractivity contribution in [1.82, 2.24) is 4.57 Å². The van der Waals surface area contributed by atoms with Gasteiger partial charge in [0.25, 0.3) is 5.56 Å². The van der Waals surface area contributed by atoms with E-state index in [2.05, 4.69) is 0 Å². The van der Waals surface area contributed by atoms with Gasteiger partial charge in [0.1, 0.15) is 5.56 Å². The van der Waals surface area contributed by atoms with Gasteiger partial charge in [-0.3, -0.25) is 9.59 Å². The molecule has 0 aliphatic rings. The molecule has 0 saturated heterocycles. The van der Waals surface area contributed by atoms with E-state index >= 15 is 0 Å². The number of carbonyl (C=O) groups is 2. The van der Waals surface area contributed by atoms with Crippen LogP contribution in [0.3, 0.4) is 0 Å². The molecule has 0 aliphatic heterocycles. The average molecular weight is 272 g/mol. The van der Waals surface area contributed by atoms with Crippen LogP contribution in [-0.4, -0.2) is 21.6 Å². The molecule has 6 nitrogen and oxygen atoms in total. The van der Waals surface area contributed by atoms with Crippen molar-refractivity contribution in [3.8, 4) is 0 Å². The van der Waals surface area contributed by atoms with E-state index in [4.69, 9.17) is 10.8 Å². The zero-order valence-corrected chi connectivity index (χ0v) is 10.4. The van der Waals surface area contributed by atoms with Crippen LogP contribution in [0, 0.1) is 0 Å². The van der Waals surface area contributed by atoms with Crippen LogP contribution in [0.4, 0.5) is 0 Å². The van der Waals surface area contributed by atoms with Gasteiger partial charge >= 0.3 is 5.97 Å². The van der Waals surface area contributed by atoms with E-state index in [0.29, 0.717) is 11.1 Å². The first kappa shape index (κ1) is 13.5. The predicted octanol–water partition coefficient (Wildman–Crippen LogP) is 0.694. The van der Waals surface area contributed by atoms with Crippen LogP contribution in [-0.2, 0) is 6.54 Å². The maximum Gasteiger partial charge on any atom is 0.341 e. The normalized spacial score (nSPS) is 10.2. The lowest BCUT2D eigenvalue weighted by atomic mass is 10.1. The third-order valence-corrected chi connectivity index (χ3v) is 2.81. The fourth-order valence-corrected chi connectivity index (χ4v) is 1.84. The highest BCUT2D eigenvalue weighted by Gasteiger charge is 2.10. The molecule has 1 aromatic carbocycles. The van der Waals surface area contributed by atoms with Crippen molar-refractivity contribution >= 4 is 11.9 Å². The molecule has 20 heavy (non-hydrogen) atoms. The molecule has 2 rings (SSSR count). The third-order valence-electron chi connectivity index (χ3n) is 2.81. The summed E-state index contributed by atoms with van der Waals surface area (Å²) in [5.74, 6) is -1.83. The summed E-state index contributed by atoms with van der Waals surface area (Å²) >= 11 is 0. The molecule has 1 aromatic heterocycles. The van der Waals surface area contributed by atoms with Crippen LogP contribution in [0.25, 0.3) is 0 Å². The van der Waals surface area contributed by atoms with Gasteiger partial charge in [-0.05, 0) is 29.8 Å². The first-order valence-corrected chi connectivity index (χ1v) is 5.80. The molecule has 0 saturated carbocycles. The first-order valence-electron chi connectivity index (χ1n) is 5.80. The first-order chi connectivity index (χ1) is 9.49. The highest BCUT2D eigenvalue weighted by atomic mass is 16.4.